The minimum atomic E-state index is -0.564. The van der Waals surface area contributed by atoms with Gasteiger partial charge in [0.2, 0.25) is 0 Å². The maximum absolute atomic E-state index is 11.8. The van der Waals surface area contributed by atoms with Crippen LogP contribution in [-0.4, -0.2) is 41.9 Å². The number of esters is 1. The fraction of sp³-hybridized carbons (Fsp3) is 0.786. The van der Waals surface area contributed by atoms with Gasteiger partial charge in [0.15, 0.2) is 0 Å². The zero-order chi connectivity index (χ0) is 14.4. The number of aliphatic hydroxyl groups excluding tert-OH is 1. The topological polar surface area (TPSA) is 84.6 Å². The van der Waals surface area contributed by atoms with Crippen molar-refractivity contribution in [2.45, 2.75) is 57.8 Å². The monoisotopic (exact) mass is 270 g/mol. The van der Waals surface area contributed by atoms with Crippen molar-refractivity contribution in [1.82, 2.24) is 5.32 Å². The van der Waals surface area contributed by atoms with Crippen LogP contribution in [0.25, 0.3) is 0 Å². The molecule has 1 fully saturated rings. The smallest absolute Gasteiger partial charge is 0.323 e. The zero-order valence-corrected chi connectivity index (χ0v) is 12.0. The first-order valence-corrected chi connectivity index (χ1v) is 7.04. The average molecular weight is 270 g/mol. The van der Waals surface area contributed by atoms with Crippen LogP contribution in [0.4, 0.5) is 0 Å². The van der Waals surface area contributed by atoms with E-state index in [9.17, 15) is 9.90 Å². The molecular formula is C14H26N2O3. The molecule has 0 aromatic rings. The van der Waals surface area contributed by atoms with E-state index in [1.807, 2.05) is 26.0 Å². The molecule has 0 aromatic carbocycles. The second-order valence-corrected chi connectivity index (χ2v) is 4.98. The van der Waals surface area contributed by atoms with Gasteiger partial charge in [-0.15, -0.1) is 0 Å². The summed E-state index contributed by atoms with van der Waals surface area (Å²) in [5.74, 6) is -0.0895. The molecular weight excluding hydrogens is 244 g/mol. The Kier molecular flexibility index (Phi) is 6.48. The first-order chi connectivity index (χ1) is 9.04. The molecule has 0 radical (unpaired) electrons. The van der Waals surface area contributed by atoms with Crippen molar-refractivity contribution >= 4 is 5.97 Å². The second-order valence-electron chi connectivity index (χ2n) is 4.98. The van der Waals surface area contributed by atoms with Gasteiger partial charge in [-0.25, -0.2) is 0 Å². The van der Waals surface area contributed by atoms with E-state index in [1.165, 1.54) is 0 Å². The molecule has 5 nitrogen and oxygen atoms in total. The van der Waals surface area contributed by atoms with Crippen molar-refractivity contribution in [3.05, 3.63) is 12.2 Å². The number of hydrogen-bond acceptors (Lipinski definition) is 5. The van der Waals surface area contributed by atoms with Gasteiger partial charge in [0.05, 0.1) is 12.7 Å². The summed E-state index contributed by atoms with van der Waals surface area (Å²) in [5, 5.41) is 13.1. The normalized spacial score (nSPS) is 30.5. The van der Waals surface area contributed by atoms with Crippen molar-refractivity contribution in [2.75, 3.05) is 6.61 Å². The van der Waals surface area contributed by atoms with Gasteiger partial charge >= 0.3 is 5.97 Å². The number of nitrogens with two attached hydrogens (primary N) is 1. The highest BCUT2D eigenvalue weighted by molar-refractivity contribution is 5.76. The van der Waals surface area contributed by atoms with Crippen LogP contribution in [0.2, 0.25) is 0 Å². The number of rotatable bonds is 6. The molecule has 0 bridgehead atoms. The number of carbonyl (C=O) groups is 1. The summed E-state index contributed by atoms with van der Waals surface area (Å²) in [6.45, 7) is 6.00. The van der Waals surface area contributed by atoms with Crippen LogP contribution in [0.15, 0.2) is 12.2 Å². The number of nitrogens with one attached hydrogen (secondary N) is 1. The van der Waals surface area contributed by atoms with Crippen LogP contribution in [-0.2, 0) is 9.53 Å². The predicted octanol–water partition coefficient (Wildman–Crippen LogP) is 0.571. The van der Waals surface area contributed by atoms with Gasteiger partial charge in [0.1, 0.15) is 6.04 Å². The molecule has 1 aliphatic rings. The van der Waals surface area contributed by atoms with Gasteiger partial charge in [0, 0.05) is 12.1 Å². The molecule has 1 aliphatic heterocycles. The highest BCUT2D eigenvalue weighted by Crippen LogP contribution is 2.26. The first kappa shape index (κ1) is 16.1. The third kappa shape index (κ3) is 4.03. The average Bonchev–Trinajstić information content (AvgIpc) is 2.81. The van der Waals surface area contributed by atoms with Crippen molar-refractivity contribution in [3.8, 4) is 0 Å². The number of aliphatic hydroxyl groups is 1. The quantitative estimate of drug-likeness (QED) is 0.485. The molecule has 5 atom stereocenters. The van der Waals surface area contributed by atoms with E-state index >= 15 is 0 Å². The van der Waals surface area contributed by atoms with Crippen LogP contribution in [0.5, 0.6) is 0 Å². The Balaban J connectivity index is 2.75. The Bertz CT molecular complexity index is 320. The van der Waals surface area contributed by atoms with Gasteiger partial charge < -0.3 is 15.6 Å². The summed E-state index contributed by atoms with van der Waals surface area (Å²) < 4.78 is 5.04. The summed E-state index contributed by atoms with van der Waals surface area (Å²) in [6.07, 6.45) is 4.70. The molecule has 0 aromatic heterocycles. The minimum Gasteiger partial charge on any atom is -0.465 e. The Labute approximate surface area is 115 Å². The Hall–Kier alpha value is -0.910. The number of allylic oxidation sites excluding steroid dienone is 1. The van der Waals surface area contributed by atoms with E-state index in [0.717, 1.165) is 0 Å². The standard InChI is InChI=1S/C14H26N2O3/c1-4-7-9-8-10(14(18)19-6-3)16-13(9)12(15)11(17)5-2/h4,7,9-13,16-17H,5-6,8,15H2,1-3H3/b7-4-/t9-,10-,11?,12+,13-/m0/s1. The van der Waals surface area contributed by atoms with Crippen molar-refractivity contribution in [1.29, 1.82) is 0 Å². The van der Waals surface area contributed by atoms with E-state index < -0.39 is 6.10 Å². The van der Waals surface area contributed by atoms with Crippen LogP contribution >= 0.6 is 0 Å². The summed E-state index contributed by atoms with van der Waals surface area (Å²) >= 11 is 0. The lowest BCUT2D eigenvalue weighted by Gasteiger charge is -2.27. The lowest BCUT2D eigenvalue weighted by molar-refractivity contribution is -0.145. The molecule has 1 unspecified atom stereocenters. The van der Waals surface area contributed by atoms with E-state index in [4.69, 9.17) is 10.5 Å². The molecule has 1 heterocycles. The molecule has 1 rings (SSSR count). The third-order valence-electron chi connectivity index (χ3n) is 3.65. The molecule has 5 heteroatoms. The molecule has 0 spiro atoms. The van der Waals surface area contributed by atoms with E-state index in [2.05, 4.69) is 5.32 Å². The van der Waals surface area contributed by atoms with Crippen LogP contribution in [0, 0.1) is 5.92 Å². The van der Waals surface area contributed by atoms with Gasteiger partial charge in [-0.05, 0) is 32.6 Å². The third-order valence-corrected chi connectivity index (χ3v) is 3.65. The lowest BCUT2D eigenvalue weighted by atomic mass is 9.90. The molecule has 19 heavy (non-hydrogen) atoms. The minimum absolute atomic E-state index is 0.0967. The molecule has 0 aliphatic carbocycles. The van der Waals surface area contributed by atoms with Gasteiger partial charge in [-0.3, -0.25) is 10.1 Å². The van der Waals surface area contributed by atoms with Gasteiger partial charge in [-0.1, -0.05) is 19.1 Å². The molecule has 1 saturated heterocycles. The van der Waals surface area contributed by atoms with Crippen LogP contribution in [0.1, 0.15) is 33.6 Å². The first-order valence-electron chi connectivity index (χ1n) is 7.04. The summed E-state index contributed by atoms with van der Waals surface area (Å²) in [5.41, 5.74) is 6.09. The predicted molar refractivity (Wildman–Crippen MR) is 74.5 cm³/mol. The van der Waals surface area contributed by atoms with Crippen LogP contribution in [0.3, 0.4) is 0 Å². The Morgan fingerprint density at radius 1 is 1.58 bits per heavy atom. The van der Waals surface area contributed by atoms with Crippen LogP contribution < -0.4 is 11.1 Å². The van der Waals surface area contributed by atoms with E-state index in [1.54, 1.807) is 6.92 Å². The largest absolute Gasteiger partial charge is 0.465 e. The summed E-state index contributed by atoms with van der Waals surface area (Å²) in [4.78, 5) is 11.8. The van der Waals surface area contributed by atoms with E-state index in [0.29, 0.717) is 19.4 Å². The van der Waals surface area contributed by atoms with Crippen molar-refractivity contribution in [2.24, 2.45) is 11.7 Å². The number of hydrogen-bond donors (Lipinski definition) is 3. The zero-order valence-electron chi connectivity index (χ0n) is 12.0. The highest BCUT2D eigenvalue weighted by atomic mass is 16.5. The molecule has 0 saturated carbocycles. The molecule has 110 valence electrons. The van der Waals surface area contributed by atoms with E-state index in [-0.39, 0.29) is 30.0 Å². The SMILES string of the molecule is C/C=C\[C@H]1C[C@@H](C(=O)OCC)N[C@@H]1[C@H](N)C(O)CC. The fourth-order valence-electron chi connectivity index (χ4n) is 2.60. The fourth-order valence-corrected chi connectivity index (χ4v) is 2.60. The Morgan fingerprint density at radius 2 is 2.26 bits per heavy atom. The van der Waals surface area contributed by atoms with Gasteiger partial charge in [0.25, 0.3) is 0 Å². The van der Waals surface area contributed by atoms with Gasteiger partial charge in [-0.2, -0.15) is 0 Å². The van der Waals surface area contributed by atoms with Crippen molar-refractivity contribution in [3.63, 3.8) is 0 Å². The number of ether oxygens (including phenoxy) is 1. The second kappa shape index (κ2) is 7.62. The lowest BCUT2D eigenvalue weighted by Crippen LogP contribution is -2.53. The Morgan fingerprint density at radius 3 is 2.79 bits per heavy atom. The highest BCUT2D eigenvalue weighted by Gasteiger charge is 2.41. The molecule has 4 N–H and O–H groups in total. The summed E-state index contributed by atoms with van der Waals surface area (Å²) in [6, 6.07) is -0.813. The summed E-state index contributed by atoms with van der Waals surface area (Å²) in [7, 11) is 0. The van der Waals surface area contributed by atoms with Crippen molar-refractivity contribution < 1.29 is 14.6 Å². The number of carbonyl (C=O) groups excluding carboxylic acids is 1. The molecule has 0 amide bonds. The maximum atomic E-state index is 11.8. The maximum Gasteiger partial charge on any atom is 0.323 e.